The fourth-order valence-corrected chi connectivity index (χ4v) is 3.45. The molecule has 0 aliphatic rings. The number of anilines is 1. The molecule has 1 amide bonds. The molecule has 0 saturated carbocycles. The Balaban J connectivity index is 2.12. The molecular formula is C21H26BrFN2O2. The van der Waals surface area contributed by atoms with Crippen molar-refractivity contribution >= 4 is 27.5 Å². The SMILES string of the molecule is CCc1cccc(CC)c1NC(=O)CN(CCO)Cc1cc(Br)ccc1F. The molecule has 2 rings (SSSR count). The Hall–Kier alpha value is -1.76. The van der Waals surface area contributed by atoms with Gasteiger partial charge in [0, 0.05) is 28.8 Å². The second-order valence-corrected chi connectivity index (χ2v) is 7.29. The normalized spacial score (nSPS) is 11.0. The van der Waals surface area contributed by atoms with E-state index in [1.54, 1.807) is 17.0 Å². The van der Waals surface area contributed by atoms with E-state index in [4.69, 9.17) is 0 Å². The molecule has 0 aliphatic carbocycles. The second-order valence-electron chi connectivity index (χ2n) is 6.38. The topological polar surface area (TPSA) is 52.6 Å². The highest BCUT2D eigenvalue weighted by Crippen LogP contribution is 2.23. The van der Waals surface area contributed by atoms with Gasteiger partial charge >= 0.3 is 0 Å². The van der Waals surface area contributed by atoms with Crippen LogP contribution in [0.4, 0.5) is 10.1 Å². The zero-order chi connectivity index (χ0) is 19.8. The molecule has 0 aliphatic heterocycles. The standard InChI is InChI=1S/C21H26BrFN2O2/c1-3-15-6-5-7-16(4-2)21(15)24-20(27)14-25(10-11-26)13-17-12-18(22)8-9-19(17)23/h5-9,12,26H,3-4,10-11,13-14H2,1-2H3,(H,24,27). The van der Waals surface area contributed by atoms with Crippen molar-refractivity contribution in [2.24, 2.45) is 0 Å². The first kappa shape index (κ1) is 21.5. The largest absolute Gasteiger partial charge is 0.395 e. The lowest BCUT2D eigenvalue weighted by Crippen LogP contribution is -2.35. The number of nitrogens with one attached hydrogen (secondary N) is 1. The molecule has 146 valence electrons. The van der Waals surface area contributed by atoms with Gasteiger partial charge in [-0.25, -0.2) is 4.39 Å². The minimum Gasteiger partial charge on any atom is -0.395 e. The molecule has 6 heteroatoms. The Morgan fingerprint density at radius 1 is 1.15 bits per heavy atom. The predicted molar refractivity (Wildman–Crippen MR) is 110 cm³/mol. The summed E-state index contributed by atoms with van der Waals surface area (Å²) < 4.78 is 14.8. The van der Waals surface area contributed by atoms with Crippen LogP contribution in [0.15, 0.2) is 40.9 Å². The summed E-state index contributed by atoms with van der Waals surface area (Å²) >= 11 is 3.34. The third-order valence-electron chi connectivity index (χ3n) is 4.45. The first-order valence-electron chi connectivity index (χ1n) is 9.16. The van der Waals surface area contributed by atoms with Crippen LogP contribution in [0.1, 0.15) is 30.5 Å². The zero-order valence-electron chi connectivity index (χ0n) is 15.8. The summed E-state index contributed by atoms with van der Waals surface area (Å²) in [6.07, 6.45) is 1.65. The number of aliphatic hydroxyl groups is 1. The number of carbonyl (C=O) groups is 1. The van der Waals surface area contributed by atoms with Gasteiger partial charge < -0.3 is 10.4 Å². The van der Waals surface area contributed by atoms with Gasteiger partial charge in [-0.3, -0.25) is 9.69 Å². The van der Waals surface area contributed by atoms with E-state index in [0.717, 1.165) is 34.1 Å². The van der Waals surface area contributed by atoms with Gasteiger partial charge in [-0.1, -0.05) is 48.0 Å². The minimum atomic E-state index is -0.328. The van der Waals surface area contributed by atoms with E-state index in [-0.39, 0.29) is 38.0 Å². The highest BCUT2D eigenvalue weighted by atomic mass is 79.9. The van der Waals surface area contributed by atoms with Crippen LogP contribution < -0.4 is 5.32 Å². The Kier molecular flexibility index (Phi) is 8.41. The quantitative estimate of drug-likeness (QED) is 0.620. The molecule has 0 saturated heterocycles. The van der Waals surface area contributed by atoms with Gasteiger partial charge in [0.1, 0.15) is 5.82 Å². The van der Waals surface area contributed by atoms with Crippen LogP contribution >= 0.6 is 15.9 Å². The van der Waals surface area contributed by atoms with Crippen molar-refractivity contribution in [1.29, 1.82) is 0 Å². The number of para-hydroxylation sites is 1. The van der Waals surface area contributed by atoms with Crippen molar-refractivity contribution in [3.63, 3.8) is 0 Å². The maximum Gasteiger partial charge on any atom is 0.238 e. The first-order chi connectivity index (χ1) is 13.0. The lowest BCUT2D eigenvalue weighted by Gasteiger charge is -2.22. The van der Waals surface area contributed by atoms with Gasteiger partial charge in [-0.2, -0.15) is 0 Å². The summed E-state index contributed by atoms with van der Waals surface area (Å²) in [6.45, 7) is 4.62. The van der Waals surface area contributed by atoms with Crippen molar-refractivity contribution in [2.75, 3.05) is 25.0 Å². The molecule has 27 heavy (non-hydrogen) atoms. The molecule has 0 unspecified atom stereocenters. The van der Waals surface area contributed by atoms with E-state index in [1.165, 1.54) is 6.07 Å². The van der Waals surface area contributed by atoms with Crippen LogP contribution in [0.2, 0.25) is 0 Å². The summed E-state index contributed by atoms with van der Waals surface area (Å²) in [5, 5.41) is 12.3. The van der Waals surface area contributed by atoms with Crippen LogP contribution in [0.25, 0.3) is 0 Å². The molecule has 0 spiro atoms. The number of carbonyl (C=O) groups excluding carboxylic acids is 1. The van der Waals surface area contributed by atoms with E-state index < -0.39 is 0 Å². The van der Waals surface area contributed by atoms with Crippen molar-refractivity contribution in [1.82, 2.24) is 4.90 Å². The van der Waals surface area contributed by atoms with Crippen LogP contribution in [0.5, 0.6) is 0 Å². The van der Waals surface area contributed by atoms with Crippen molar-refractivity contribution < 1.29 is 14.3 Å². The average Bonchev–Trinajstić information content (AvgIpc) is 2.65. The predicted octanol–water partition coefficient (Wildman–Crippen LogP) is 4.15. The molecule has 2 aromatic rings. The van der Waals surface area contributed by atoms with Crippen LogP contribution in [0, 0.1) is 5.82 Å². The van der Waals surface area contributed by atoms with Crippen molar-refractivity contribution in [3.8, 4) is 0 Å². The van der Waals surface area contributed by atoms with Crippen LogP contribution in [-0.4, -0.2) is 35.6 Å². The molecule has 0 heterocycles. The summed E-state index contributed by atoms with van der Waals surface area (Å²) in [5.74, 6) is -0.499. The maximum atomic E-state index is 14.0. The summed E-state index contributed by atoms with van der Waals surface area (Å²) in [7, 11) is 0. The number of amides is 1. The number of nitrogens with zero attached hydrogens (tertiary/aromatic N) is 1. The molecular weight excluding hydrogens is 411 g/mol. The maximum absolute atomic E-state index is 14.0. The molecule has 2 aromatic carbocycles. The number of aliphatic hydroxyl groups excluding tert-OH is 1. The smallest absolute Gasteiger partial charge is 0.238 e. The van der Waals surface area contributed by atoms with E-state index in [0.29, 0.717) is 5.56 Å². The number of hydrogen-bond acceptors (Lipinski definition) is 3. The molecule has 0 atom stereocenters. The van der Waals surface area contributed by atoms with E-state index in [1.807, 2.05) is 18.2 Å². The van der Waals surface area contributed by atoms with E-state index in [2.05, 4.69) is 35.1 Å². The summed E-state index contributed by atoms with van der Waals surface area (Å²) in [4.78, 5) is 14.4. The molecule has 4 nitrogen and oxygen atoms in total. The van der Waals surface area contributed by atoms with E-state index >= 15 is 0 Å². The monoisotopic (exact) mass is 436 g/mol. The molecule has 2 N–H and O–H groups in total. The molecule has 0 bridgehead atoms. The van der Waals surface area contributed by atoms with Gasteiger partial charge in [0.2, 0.25) is 5.91 Å². The minimum absolute atomic E-state index is 0.0771. The highest BCUT2D eigenvalue weighted by molar-refractivity contribution is 9.10. The molecule has 0 fully saturated rings. The van der Waals surface area contributed by atoms with Crippen molar-refractivity contribution in [3.05, 3.63) is 63.4 Å². The van der Waals surface area contributed by atoms with Gasteiger partial charge in [0.15, 0.2) is 0 Å². The Labute approximate surface area is 168 Å². The zero-order valence-corrected chi connectivity index (χ0v) is 17.4. The number of rotatable bonds is 9. The summed E-state index contributed by atoms with van der Waals surface area (Å²) in [6, 6.07) is 10.7. The average molecular weight is 437 g/mol. The summed E-state index contributed by atoms with van der Waals surface area (Å²) in [5.41, 5.74) is 3.53. The number of benzene rings is 2. The van der Waals surface area contributed by atoms with Crippen LogP contribution in [-0.2, 0) is 24.2 Å². The number of aryl methyl sites for hydroxylation is 2. The third kappa shape index (κ3) is 6.13. The van der Waals surface area contributed by atoms with Gasteiger partial charge in [0.05, 0.1) is 13.2 Å². The number of hydrogen-bond donors (Lipinski definition) is 2. The fraction of sp³-hybridized carbons (Fsp3) is 0.381. The van der Waals surface area contributed by atoms with Crippen LogP contribution in [0.3, 0.4) is 0 Å². The second kappa shape index (κ2) is 10.5. The Bertz CT molecular complexity index is 761. The Morgan fingerprint density at radius 2 is 1.81 bits per heavy atom. The first-order valence-corrected chi connectivity index (χ1v) is 9.95. The van der Waals surface area contributed by atoms with Gasteiger partial charge in [0.25, 0.3) is 0 Å². The van der Waals surface area contributed by atoms with Gasteiger partial charge in [-0.15, -0.1) is 0 Å². The van der Waals surface area contributed by atoms with Gasteiger partial charge in [-0.05, 0) is 42.2 Å². The third-order valence-corrected chi connectivity index (χ3v) is 4.94. The van der Waals surface area contributed by atoms with Crippen molar-refractivity contribution in [2.45, 2.75) is 33.2 Å². The molecule has 0 radical (unpaired) electrons. The fourth-order valence-electron chi connectivity index (χ4n) is 3.05. The van der Waals surface area contributed by atoms with E-state index in [9.17, 15) is 14.3 Å². The number of halogens is 2. The lowest BCUT2D eigenvalue weighted by molar-refractivity contribution is -0.117. The lowest BCUT2D eigenvalue weighted by atomic mass is 10.0. The molecule has 0 aromatic heterocycles. The Morgan fingerprint density at radius 3 is 2.41 bits per heavy atom. The highest BCUT2D eigenvalue weighted by Gasteiger charge is 2.16.